The first-order valence-electron chi connectivity index (χ1n) is 30.1. The first-order chi connectivity index (χ1) is 32.2. The fraction of sp³-hybridized carbons (Fsp3) is 0.918. The van der Waals surface area contributed by atoms with E-state index in [9.17, 15) is 15.0 Å². The van der Waals surface area contributed by atoms with Gasteiger partial charge in [-0.05, 0) is 44.9 Å². The number of aliphatic hydroxyl groups is 2. The molecule has 386 valence electrons. The van der Waals surface area contributed by atoms with Gasteiger partial charge in [0.25, 0.3) is 0 Å². The number of unbranched alkanes of at least 4 members (excludes halogenated alkanes) is 47. The highest BCUT2D eigenvalue weighted by Gasteiger charge is 2.18. The summed E-state index contributed by atoms with van der Waals surface area (Å²) < 4.78 is 0. The van der Waals surface area contributed by atoms with Gasteiger partial charge in [-0.3, -0.25) is 4.79 Å². The van der Waals surface area contributed by atoms with Crippen LogP contribution in [0.25, 0.3) is 0 Å². The molecule has 0 fully saturated rings. The highest BCUT2D eigenvalue weighted by molar-refractivity contribution is 5.76. The van der Waals surface area contributed by atoms with E-state index in [0.29, 0.717) is 6.42 Å². The van der Waals surface area contributed by atoms with Crippen LogP contribution in [0, 0.1) is 0 Å². The van der Waals surface area contributed by atoms with E-state index in [1.807, 2.05) is 6.08 Å². The van der Waals surface area contributed by atoms with Crippen LogP contribution in [-0.2, 0) is 4.79 Å². The SMILES string of the molecule is CCCCCCCCCC/C=C\CCCCCCCCCCCCCC(=O)NC(CO)C(O)/C=C/CCCCCCCCCCCCCCCCCCCCCCCCCCCCCC. The van der Waals surface area contributed by atoms with E-state index in [1.54, 1.807) is 6.08 Å². The first-order valence-corrected chi connectivity index (χ1v) is 30.1. The lowest BCUT2D eigenvalue weighted by molar-refractivity contribution is -0.123. The Balaban J connectivity index is 3.45. The number of hydrogen-bond acceptors (Lipinski definition) is 3. The smallest absolute Gasteiger partial charge is 0.220 e. The Kier molecular flexibility index (Phi) is 56.2. The minimum absolute atomic E-state index is 0.0590. The maximum absolute atomic E-state index is 12.5. The lowest BCUT2D eigenvalue weighted by Gasteiger charge is -2.20. The second-order valence-electron chi connectivity index (χ2n) is 20.8. The topological polar surface area (TPSA) is 69.6 Å². The standard InChI is InChI=1S/C61H119NO3/c1-3-5-7-9-11-13-15-17-19-21-23-25-27-28-29-30-31-32-33-35-36-38-40-42-44-46-48-50-52-54-56-60(64)59(58-63)62-61(65)57-55-53-51-49-47-45-43-41-39-37-34-26-24-22-20-18-16-14-12-10-8-6-4-2/h22,24,54,56,59-60,63-64H,3-21,23,25-53,55,57-58H2,1-2H3,(H,62,65)/b24-22-,56-54+. The molecule has 3 N–H and O–H groups in total. The molecular formula is C61H119NO3. The third-order valence-electron chi connectivity index (χ3n) is 14.2. The van der Waals surface area contributed by atoms with Crippen molar-refractivity contribution >= 4 is 5.91 Å². The van der Waals surface area contributed by atoms with Gasteiger partial charge < -0.3 is 15.5 Å². The Bertz CT molecular complexity index is 947. The molecule has 2 unspecified atom stereocenters. The zero-order valence-electron chi connectivity index (χ0n) is 44.5. The van der Waals surface area contributed by atoms with Crippen molar-refractivity contribution in [2.24, 2.45) is 0 Å². The summed E-state index contributed by atoms with van der Waals surface area (Å²) in [5, 5.41) is 23.2. The molecule has 0 aromatic rings. The van der Waals surface area contributed by atoms with Gasteiger partial charge in [-0.15, -0.1) is 0 Å². The van der Waals surface area contributed by atoms with Crippen molar-refractivity contribution in [3.63, 3.8) is 0 Å². The van der Waals surface area contributed by atoms with Crippen LogP contribution in [0.1, 0.15) is 341 Å². The Hall–Kier alpha value is -1.13. The van der Waals surface area contributed by atoms with Crippen LogP contribution >= 0.6 is 0 Å². The van der Waals surface area contributed by atoms with Crippen molar-refractivity contribution in [3.8, 4) is 0 Å². The molecule has 0 spiro atoms. The van der Waals surface area contributed by atoms with Gasteiger partial charge in [0.1, 0.15) is 0 Å². The Morgan fingerprint density at radius 2 is 0.585 bits per heavy atom. The molecule has 0 aliphatic rings. The molecular weight excluding hydrogens is 795 g/mol. The minimum atomic E-state index is -0.839. The number of amides is 1. The summed E-state index contributed by atoms with van der Waals surface area (Å²) >= 11 is 0. The monoisotopic (exact) mass is 914 g/mol. The molecule has 65 heavy (non-hydrogen) atoms. The summed E-state index contributed by atoms with van der Waals surface area (Å²) in [6.45, 7) is 4.35. The zero-order valence-corrected chi connectivity index (χ0v) is 44.5. The Morgan fingerprint density at radius 3 is 0.846 bits per heavy atom. The largest absolute Gasteiger partial charge is 0.394 e. The fourth-order valence-corrected chi connectivity index (χ4v) is 9.59. The van der Waals surface area contributed by atoms with E-state index in [0.717, 1.165) is 25.7 Å². The Labute approximate surface area is 409 Å². The number of hydrogen-bond donors (Lipinski definition) is 3. The normalized spacial score (nSPS) is 12.9. The van der Waals surface area contributed by atoms with Gasteiger partial charge in [0.2, 0.25) is 5.91 Å². The van der Waals surface area contributed by atoms with E-state index < -0.39 is 12.1 Å². The fourth-order valence-electron chi connectivity index (χ4n) is 9.59. The molecule has 1 amide bonds. The summed E-state index contributed by atoms with van der Waals surface area (Å²) in [4.78, 5) is 12.5. The molecule has 0 aromatic heterocycles. The number of carbonyl (C=O) groups excluding carboxylic acids is 1. The molecule has 0 radical (unpaired) electrons. The Morgan fingerprint density at radius 1 is 0.354 bits per heavy atom. The van der Waals surface area contributed by atoms with Crippen LogP contribution in [0.2, 0.25) is 0 Å². The number of allylic oxidation sites excluding steroid dienone is 3. The van der Waals surface area contributed by atoms with Crippen molar-refractivity contribution in [1.29, 1.82) is 0 Å². The van der Waals surface area contributed by atoms with Gasteiger partial charge >= 0.3 is 0 Å². The van der Waals surface area contributed by atoms with Crippen molar-refractivity contribution in [2.45, 2.75) is 353 Å². The van der Waals surface area contributed by atoms with Gasteiger partial charge in [-0.2, -0.15) is 0 Å². The summed E-state index contributed by atoms with van der Waals surface area (Å²) in [5.41, 5.74) is 0. The number of aliphatic hydroxyl groups excluding tert-OH is 2. The summed E-state index contributed by atoms with van der Waals surface area (Å²) in [6, 6.07) is -0.622. The van der Waals surface area contributed by atoms with Crippen LogP contribution in [0.4, 0.5) is 0 Å². The lowest BCUT2D eigenvalue weighted by Crippen LogP contribution is -2.45. The van der Waals surface area contributed by atoms with E-state index >= 15 is 0 Å². The van der Waals surface area contributed by atoms with Crippen LogP contribution in [0.5, 0.6) is 0 Å². The molecule has 0 aliphatic heterocycles. The van der Waals surface area contributed by atoms with Gasteiger partial charge in [0.05, 0.1) is 18.8 Å². The molecule has 0 heterocycles. The van der Waals surface area contributed by atoms with Crippen LogP contribution in [-0.4, -0.2) is 34.9 Å². The van der Waals surface area contributed by atoms with E-state index in [2.05, 4.69) is 31.3 Å². The van der Waals surface area contributed by atoms with Gasteiger partial charge in [-0.25, -0.2) is 0 Å². The summed E-state index contributed by atoms with van der Waals surface area (Å²) in [7, 11) is 0. The van der Waals surface area contributed by atoms with Crippen LogP contribution in [0.3, 0.4) is 0 Å². The highest BCUT2D eigenvalue weighted by atomic mass is 16.3. The van der Waals surface area contributed by atoms with Crippen molar-refractivity contribution in [1.82, 2.24) is 5.32 Å². The van der Waals surface area contributed by atoms with Crippen LogP contribution in [0.15, 0.2) is 24.3 Å². The number of rotatable bonds is 56. The molecule has 0 aromatic carbocycles. The molecule has 2 atom stereocenters. The maximum Gasteiger partial charge on any atom is 0.220 e. The zero-order chi connectivity index (χ0) is 47.0. The van der Waals surface area contributed by atoms with Crippen molar-refractivity contribution < 1.29 is 15.0 Å². The maximum atomic E-state index is 12.5. The molecule has 0 saturated heterocycles. The van der Waals surface area contributed by atoms with E-state index in [-0.39, 0.29) is 12.5 Å². The predicted molar refractivity (Wildman–Crippen MR) is 290 cm³/mol. The van der Waals surface area contributed by atoms with E-state index in [4.69, 9.17) is 0 Å². The predicted octanol–water partition coefficient (Wildman–Crippen LogP) is 19.9. The summed E-state index contributed by atoms with van der Waals surface area (Å²) in [5.74, 6) is -0.0590. The summed E-state index contributed by atoms with van der Waals surface area (Å²) in [6.07, 6.45) is 76.5. The van der Waals surface area contributed by atoms with Gasteiger partial charge in [-0.1, -0.05) is 314 Å². The molecule has 4 nitrogen and oxygen atoms in total. The van der Waals surface area contributed by atoms with Gasteiger partial charge in [0, 0.05) is 6.42 Å². The number of nitrogens with one attached hydrogen (secondary N) is 1. The average Bonchev–Trinajstić information content (AvgIpc) is 3.31. The van der Waals surface area contributed by atoms with Crippen molar-refractivity contribution in [3.05, 3.63) is 24.3 Å². The number of carbonyl (C=O) groups is 1. The second-order valence-corrected chi connectivity index (χ2v) is 20.8. The lowest BCUT2D eigenvalue weighted by atomic mass is 10.0. The highest BCUT2D eigenvalue weighted by Crippen LogP contribution is 2.18. The quantitative estimate of drug-likeness (QED) is 0.0421. The molecule has 0 bridgehead atoms. The van der Waals surface area contributed by atoms with Crippen molar-refractivity contribution in [2.75, 3.05) is 6.61 Å². The molecule has 0 rings (SSSR count). The minimum Gasteiger partial charge on any atom is -0.394 e. The van der Waals surface area contributed by atoms with Crippen LogP contribution < -0.4 is 5.32 Å². The van der Waals surface area contributed by atoms with Gasteiger partial charge in [0.15, 0.2) is 0 Å². The average molecular weight is 915 g/mol. The third kappa shape index (κ3) is 53.7. The van der Waals surface area contributed by atoms with E-state index in [1.165, 1.54) is 295 Å². The third-order valence-corrected chi connectivity index (χ3v) is 14.2. The molecule has 0 aliphatic carbocycles. The molecule has 4 heteroatoms. The second kappa shape index (κ2) is 57.2. The molecule has 0 saturated carbocycles. The first kappa shape index (κ1) is 63.9.